The highest BCUT2D eigenvalue weighted by Gasteiger charge is 2.18. The molecule has 0 unspecified atom stereocenters. The Morgan fingerprint density at radius 2 is 0.800 bits per heavy atom. The lowest BCUT2D eigenvalue weighted by atomic mass is 10.0. The van der Waals surface area contributed by atoms with Crippen LogP contribution in [-0.2, 0) is 0 Å². The van der Waals surface area contributed by atoms with Gasteiger partial charge in [0.2, 0.25) is 0 Å². The minimum atomic E-state index is 0.723. The molecule has 0 aromatic carbocycles. The molecule has 0 amide bonds. The van der Waals surface area contributed by atoms with Gasteiger partial charge in [0.25, 0.3) is 0 Å². The zero-order chi connectivity index (χ0) is 17.6. The van der Waals surface area contributed by atoms with Crippen LogP contribution in [-0.4, -0.2) is 24.1 Å². The molecule has 2 heteroatoms. The quantitative estimate of drug-likeness (QED) is 0.552. The van der Waals surface area contributed by atoms with Crippen LogP contribution in [0.2, 0.25) is 0 Å². The van der Waals surface area contributed by atoms with E-state index in [9.17, 15) is 0 Å². The third-order valence-electron chi connectivity index (χ3n) is 6.61. The molecular weight excluding hydrogens is 304 g/mol. The Bertz CT molecular complexity index is 280. The highest BCUT2D eigenvalue weighted by atomic mass is 15.5. The van der Waals surface area contributed by atoms with Gasteiger partial charge in [0.05, 0.1) is 0 Å². The van der Waals surface area contributed by atoms with Crippen LogP contribution in [0.1, 0.15) is 128 Å². The van der Waals surface area contributed by atoms with E-state index in [1.807, 2.05) is 0 Å². The molecule has 2 rings (SSSR count). The second-order valence-electron chi connectivity index (χ2n) is 8.90. The highest BCUT2D eigenvalue weighted by molar-refractivity contribution is 4.73. The normalized spacial score (nSPS) is 25.2. The lowest BCUT2D eigenvalue weighted by Crippen LogP contribution is -2.48. The molecule has 1 N–H and O–H groups in total. The molecular formula is C23H46N2. The summed E-state index contributed by atoms with van der Waals surface area (Å²) in [6.45, 7) is 0. The largest absolute Gasteiger partial charge is 0.252 e. The second-order valence-corrected chi connectivity index (χ2v) is 8.90. The Hall–Kier alpha value is -0.0800. The molecule has 2 saturated carbocycles. The van der Waals surface area contributed by atoms with Crippen molar-refractivity contribution in [2.24, 2.45) is 0 Å². The van der Waals surface area contributed by atoms with Gasteiger partial charge in [0.15, 0.2) is 0 Å². The van der Waals surface area contributed by atoms with E-state index >= 15 is 0 Å². The van der Waals surface area contributed by atoms with Crippen molar-refractivity contribution in [3.05, 3.63) is 0 Å². The molecule has 0 radical (unpaired) electrons. The molecule has 0 atom stereocenters. The summed E-state index contributed by atoms with van der Waals surface area (Å²) < 4.78 is 0. The fourth-order valence-corrected chi connectivity index (χ4v) is 4.86. The Morgan fingerprint density at radius 1 is 0.480 bits per heavy atom. The van der Waals surface area contributed by atoms with Crippen LogP contribution in [0.4, 0.5) is 0 Å². The van der Waals surface area contributed by atoms with Crippen molar-refractivity contribution in [2.45, 2.75) is 141 Å². The molecule has 0 aromatic heterocycles. The van der Waals surface area contributed by atoms with E-state index in [0.717, 1.165) is 12.1 Å². The van der Waals surface area contributed by atoms with Crippen molar-refractivity contribution < 1.29 is 0 Å². The summed E-state index contributed by atoms with van der Waals surface area (Å²) in [5, 5.41) is 2.54. The topological polar surface area (TPSA) is 15.3 Å². The Morgan fingerprint density at radius 3 is 1.20 bits per heavy atom. The third-order valence-corrected chi connectivity index (χ3v) is 6.61. The van der Waals surface area contributed by atoms with Crippen molar-refractivity contribution in [3.8, 4) is 0 Å². The van der Waals surface area contributed by atoms with Crippen molar-refractivity contribution in [1.82, 2.24) is 10.4 Å². The average molecular weight is 351 g/mol. The Labute approximate surface area is 158 Å². The predicted octanol–water partition coefficient (Wildman–Crippen LogP) is 6.99. The van der Waals surface area contributed by atoms with Crippen molar-refractivity contribution >= 4 is 0 Å². The molecule has 2 nitrogen and oxygen atoms in total. The molecule has 0 bridgehead atoms. The van der Waals surface area contributed by atoms with E-state index in [-0.39, 0.29) is 0 Å². The Kier molecular flexibility index (Phi) is 11.9. The van der Waals surface area contributed by atoms with Gasteiger partial charge < -0.3 is 0 Å². The van der Waals surface area contributed by atoms with E-state index in [2.05, 4.69) is 17.5 Å². The number of hydrogen-bond acceptors (Lipinski definition) is 2. The number of hydrogen-bond donors (Lipinski definition) is 1. The summed E-state index contributed by atoms with van der Waals surface area (Å²) in [4.78, 5) is 0. The fourth-order valence-electron chi connectivity index (χ4n) is 4.86. The molecule has 2 aliphatic rings. The van der Waals surface area contributed by atoms with Crippen molar-refractivity contribution in [1.29, 1.82) is 0 Å². The second kappa shape index (κ2) is 14.0. The van der Waals surface area contributed by atoms with E-state index in [1.54, 1.807) is 0 Å². The van der Waals surface area contributed by atoms with Gasteiger partial charge >= 0.3 is 0 Å². The molecule has 25 heavy (non-hydrogen) atoms. The third kappa shape index (κ3) is 9.99. The van der Waals surface area contributed by atoms with Gasteiger partial charge in [-0.3, -0.25) is 5.43 Å². The first-order valence-corrected chi connectivity index (χ1v) is 11.9. The van der Waals surface area contributed by atoms with E-state index in [4.69, 9.17) is 0 Å². The van der Waals surface area contributed by atoms with E-state index < -0.39 is 0 Å². The van der Waals surface area contributed by atoms with E-state index in [1.165, 1.54) is 128 Å². The van der Waals surface area contributed by atoms with Crippen LogP contribution in [0, 0.1) is 0 Å². The maximum absolute atomic E-state index is 3.96. The molecule has 0 aliphatic heterocycles. The lowest BCUT2D eigenvalue weighted by molar-refractivity contribution is 0.110. The molecule has 0 aromatic rings. The van der Waals surface area contributed by atoms with Gasteiger partial charge in [-0.1, -0.05) is 103 Å². The van der Waals surface area contributed by atoms with Crippen LogP contribution in [0.15, 0.2) is 0 Å². The molecule has 2 aliphatic carbocycles. The van der Waals surface area contributed by atoms with Gasteiger partial charge in [0, 0.05) is 19.1 Å². The maximum atomic E-state index is 3.96. The van der Waals surface area contributed by atoms with Crippen molar-refractivity contribution in [3.63, 3.8) is 0 Å². The zero-order valence-corrected chi connectivity index (χ0v) is 17.2. The summed E-state index contributed by atoms with van der Waals surface area (Å²) in [5.41, 5.74) is 3.96. The monoisotopic (exact) mass is 350 g/mol. The number of nitrogens with zero attached hydrogens (tertiary/aromatic N) is 1. The number of hydrazine groups is 1. The minimum Gasteiger partial charge on any atom is -0.252 e. The first-order chi connectivity index (χ1) is 12.4. The minimum absolute atomic E-state index is 0.723. The molecule has 148 valence electrons. The predicted molar refractivity (Wildman–Crippen MR) is 111 cm³/mol. The highest BCUT2D eigenvalue weighted by Crippen LogP contribution is 2.21. The summed E-state index contributed by atoms with van der Waals surface area (Å²) in [6.07, 6.45) is 28.8. The average Bonchev–Trinajstić information content (AvgIpc) is 2.71. The summed E-state index contributed by atoms with van der Waals surface area (Å²) >= 11 is 0. The van der Waals surface area contributed by atoms with Crippen LogP contribution in [0.3, 0.4) is 0 Å². The first kappa shape index (κ1) is 21.2. The molecule has 0 heterocycles. The fraction of sp³-hybridized carbons (Fsp3) is 1.00. The smallest absolute Gasteiger partial charge is 0.0240 e. The summed E-state index contributed by atoms with van der Waals surface area (Å²) in [6, 6.07) is 1.48. The Balaban J connectivity index is 1.78. The molecule has 2 fully saturated rings. The zero-order valence-electron chi connectivity index (χ0n) is 17.2. The summed E-state index contributed by atoms with van der Waals surface area (Å²) in [7, 11) is 2.34. The molecule has 0 spiro atoms. The first-order valence-electron chi connectivity index (χ1n) is 11.9. The summed E-state index contributed by atoms with van der Waals surface area (Å²) in [5.74, 6) is 0. The maximum Gasteiger partial charge on any atom is 0.0240 e. The van der Waals surface area contributed by atoms with Crippen LogP contribution in [0.5, 0.6) is 0 Å². The van der Waals surface area contributed by atoms with Crippen LogP contribution in [0.25, 0.3) is 0 Å². The van der Waals surface area contributed by atoms with Gasteiger partial charge in [0.1, 0.15) is 0 Å². The lowest BCUT2D eigenvalue weighted by Gasteiger charge is -2.33. The van der Waals surface area contributed by atoms with Gasteiger partial charge in [-0.25, -0.2) is 5.01 Å². The SMILES string of the molecule is CN(NC1CCCCCCCCCC1)C1CCCCCCCCCC1. The van der Waals surface area contributed by atoms with Crippen molar-refractivity contribution in [2.75, 3.05) is 7.05 Å². The van der Waals surface area contributed by atoms with E-state index in [0.29, 0.717) is 0 Å². The van der Waals surface area contributed by atoms with Gasteiger partial charge in [-0.2, -0.15) is 0 Å². The number of rotatable bonds is 3. The molecule has 0 saturated heterocycles. The standard InChI is InChI=1S/C23H46N2/c1-25(23-20-16-12-8-4-5-9-13-17-21-23)24-22-18-14-10-6-2-3-7-11-15-19-22/h22-24H,2-21H2,1H3. The van der Waals surface area contributed by atoms with Gasteiger partial charge in [-0.05, 0) is 25.7 Å². The van der Waals surface area contributed by atoms with Crippen LogP contribution < -0.4 is 5.43 Å². The number of nitrogens with one attached hydrogen (secondary N) is 1. The van der Waals surface area contributed by atoms with Crippen LogP contribution >= 0.6 is 0 Å². The van der Waals surface area contributed by atoms with Gasteiger partial charge in [-0.15, -0.1) is 0 Å².